The van der Waals surface area contributed by atoms with Crippen LogP contribution in [0.4, 0.5) is 5.69 Å². The molecule has 0 heterocycles. The number of para-hydroxylation sites is 1. The highest BCUT2D eigenvalue weighted by molar-refractivity contribution is 6.08. The highest BCUT2D eigenvalue weighted by Gasteiger charge is 2.17. The van der Waals surface area contributed by atoms with Crippen LogP contribution in [0.1, 0.15) is 10.4 Å². The van der Waals surface area contributed by atoms with E-state index in [1.807, 2.05) is 48.5 Å². The van der Waals surface area contributed by atoms with Gasteiger partial charge in [-0.3, -0.25) is 4.79 Å². The molecular weight excluding hydrogens is 274 g/mol. The zero-order valence-corrected chi connectivity index (χ0v) is 12.6. The molecule has 0 aliphatic rings. The molecule has 0 N–H and O–H groups in total. The van der Waals surface area contributed by atoms with Crippen molar-refractivity contribution in [2.75, 3.05) is 19.1 Å². The van der Waals surface area contributed by atoms with E-state index in [1.54, 1.807) is 31.2 Å². The van der Waals surface area contributed by atoms with Gasteiger partial charge in [0.05, 0.1) is 12.7 Å². The van der Waals surface area contributed by atoms with E-state index in [0.717, 1.165) is 16.5 Å². The lowest BCUT2D eigenvalue weighted by Crippen LogP contribution is -2.26. The largest absolute Gasteiger partial charge is 0.496 e. The minimum atomic E-state index is -0.0901. The van der Waals surface area contributed by atoms with Crippen LogP contribution in [0.15, 0.2) is 66.7 Å². The molecule has 1 amide bonds. The molecule has 110 valence electrons. The van der Waals surface area contributed by atoms with Gasteiger partial charge in [0.15, 0.2) is 0 Å². The maximum atomic E-state index is 12.7. The molecule has 0 fully saturated rings. The summed E-state index contributed by atoms with van der Waals surface area (Å²) in [5.41, 5.74) is 1.41. The van der Waals surface area contributed by atoms with Crippen LogP contribution in [0.25, 0.3) is 10.8 Å². The zero-order chi connectivity index (χ0) is 15.5. The quantitative estimate of drug-likeness (QED) is 0.726. The van der Waals surface area contributed by atoms with E-state index in [1.165, 1.54) is 0 Å². The van der Waals surface area contributed by atoms with Crippen molar-refractivity contribution in [2.45, 2.75) is 0 Å². The number of rotatable bonds is 3. The van der Waals surface area contributed by atoms with E-state index in [0.29, 0.717) is 11.3 Å². The van der Waals surface area contributed by atoms with Crippen LogP contribution in [0.2, 0.25) is 0 Å². The van der Waals surface area contributed by atoms with Gasteiger partial charge in [0.1, 0.15) is 5.75 Å². The van der Waals surface area contributed by atoms with Crippen molar-refractivity contribution in [3.05, 3.63) is 72.3 Å². The van der Waals surface area contributed by atoms with E-state index >= 15 is 0 Å². The van der Waals surface area contributed by atoms with Crippen molar-refractivity contribution in [1.82, 2.24) is 0 Å². The third-order valence-electron chi connectivity index (χ3n) is 3.76. The summed E-state index contributed by atoms with van der Waals surface area (Å²) in [6.07, 6.45) is 0. The molecule has 0 atom stereocenters. The number of methoxy groups -OCH3 is 1. The Labute approximate surface area is 129 Å². The minimum Gasteiger partial charge on any atom is -0.496 e. The Morgan fingerprint density at radius 2 is 1.59 bits per heavy atom. The summed E-state index contributed by atoms with van der Waals surface area (Å²) in [4.78, 5) is 14.3. The van der Waals surface area contributed by atoms with Crippen LogP contribution in [-0.2, 0) is 0 Å². The first-order valence-corrected chi connectivity index (χ1v) is 7.10. The number of nitrogens with zero attached hydrogens (tertiary/aromatic N) is 1. The van der Waals surface area contributed by atoms with E-state index in [9.17, 15) is 4.79 Å². The highest BCUT2D eigenvalue weighted by Crippen LogP contribution is 2.25. The van der Waals surface area contributed by atoms with Crippen molar-refractivity contribution in [3.8, 4) is 5.75 Å². The molecule has 3 heteroatoms. The fourth-order valence-electron chi connectivity index (χ4n) is 2.50. The second-order valence-electron chi connectivity index (χ2n) is 5.10. The average molecular weight is 291 g/mol. The monoisotopic (exact) mass is 291 g/mol. The Balaban J connectivity index is 1.97. The van der Waals surface area contributed by atoms with Gasteiger partial charge < -0.3 is 9.64 Å². The molecule has 0 saturated heterocycles. The van der Waals surface area contributed by atoms with E-state index in [4.69, 9.17) is 4.74 Å². The van der Waals surface area contributed by atoms with Gasteiger partial charge in [-0.15, -0.1) is 0 Å². The Hall–Kier alpha value is -2.81. The molecule has 0 bridgehead atoms. The number of anilines is 1. The van der Waals surface area contributed by atoms with Gasteiger partial charge in [-0.05, 0) is 35.0 Å². The van der Waals surface area contributed by atoms with Gasteiger partial charge in [0.2, 0.25) is 0 Å². The smallest absolute Gasteiger partial charge is 0.261 e. The van der Waals surface area contributed by atoms with Crippen molar-refractivity contribution >= 4 is 22.4 Å². The number of hydrogen-bond acceptors (Lipinski definition) is 2. The maximum absolute atomic E-state index is 12.7. The molecule has 3 aromatic carbocycles. The van der Waals surface area contributed by atoms with Gasteiger partial charge >= 0.3 is 0 Å². The fourth-order valence-corrected chi connectivity index (χ4v) is 2.50. The Morgan fingerprint density at radius 3 is 2.36 bits per heavy atom. The van der Waals surface area contributed by atoms with Gasteiger partial charge in [-0.1, -0.05) is 42.5 Å². The van der Waals surface area contributed by atoms with E-state index in [-0.39, 0.29) is 5.91 Å². The normalized spacial score (nSPS) is 10.5. The summed E-state index contributed by atoms with van der Waals surface area (Å²) in [5.74, 6) is 0.493. The Kier molecular flexibility index (Phi) is 3.79. The summed E-state index contributed by atoms with van der Waals surface area (Å²) in [5, 5.41) is 2.27. The number of hydrogen-bond donors (Lipinski definition) is 0. The molecule has 0 unspecified atom stereocenters. The molecule has 0 radical (unpaired) electrons. The molecule has 3 aromatic rings. The summed E-state index contributed by atoms with van der Waals surface area (Å²) in [7, 11) is 3.35. The first-order valence-electron chi connectivity index (χ1n) is 7.10. The molecular formula is C19H17NO2. The first kappa shape index (κ1) is 14.1. The molecule has 0 saturated carbocycles. The number of amides is 1. The van der Waals surface area contributed by atoms with E-state index in [2.05, 4.69) is 6.07 Å². The van der Waals surface area contributed by atoms with Crippen LogP contribution in [-0.4, -0.2) is 20.1 Å². The Bertz CT molecular complexity index is 826. The standard InChI is InChI=1S/C19H17NO2/c1-20(19(21)17-9-5-6-10-18(17)22-2)16-12-11-14-7-3-4-8-15(14)13-16/h3-13H,1-2H3. The van der Waals surface area contributed by atoms with Crippen molar-refractivity contribution in [1.29, 1.82) is 0 Å². The Morgan fingerprint density at radius 1 is 0.909 bits per heavy atom. The second kappa shape index (κ2) is 5.90. The summed E-state index contributed by atoms with van der Waals surface area (Å²) < 4.78 is 5.28. The van der Waals surface area contributed by atoms with Gasteiger partial charge in [0, 0.05) is 12.7 Å². The summed E-state index contributed by atoms with van der Waals surface area (Å²) in [6.45, 7) is 0. The molecule has 0 spiro atoms. The zero-order valence-electron chi connectivity index (χ0n) is 12.6. The molecule has 0 aromatic heterocycles. The number of ether oxygens (including phenoxy) is 1. The highest BCUT2D eigenvalue weighted by atomic mass is 16.5. The number of carbonyl (C=O) groups excluding carboxylic acids is 1. The lowest BCUT2D eigenvalue weighted by molar-refractivity contribution is 0.0990. The number of carbonyl (C=O) groups is 1. The van der Waals surface area contributed by atoms with Crippen LogP contribution < -0.4 is 9.64 Å². The second-order valence-corrected chi connectivity index (χ2v) is 5.10. The molecule has 3 rings (SSSR count). The topological polar surface area (TPSA) is 29.5 Å². The molecule has 0 aliphatic heterocycles. The van der Waals surface area contributed by atoms with Crippen LogP contribution in [0, 0.1) is 0 Å². The van der Waals surface area contributed by atoms with Crippen molar-refractivity contribution < 1.29 is 9.53 Å². The lowest BCUT2D eigenvalue weighted by atomic mass is 10.1. The minimum absolute atomic E-state index is 0.0901. The first-order chi connectivity index (χ1) is 10.7. The fraction of sp³-hybridized carbons (Fsp3) is 0.105. The predicted octanol–water partition coefficient (Wildman–Crippen LogP) is 4.13. The van der Waals surface area contributed by atoms with Crippen molar-refractivity contribution in [3.63, 3.8) is 0 Å². The number of fused-ring (bicyclic) bond motifs is 1. The van der Waals surface area contributed by atoms with Gasteiger partial charge in [0.25, 0.3) is 5.91 Å². The van der Waals surface area contributed by atoms with Crippen LogP contribution >= 0.6 is 0 Å². The summed E-state index contributed by atoms with van der Waals surface area (Å²) in [6, 6.07) is 21.4. The molecule has 22 heavy (non-hydrogen) atoms. The van der Waals surface area contributed by atoms with E-state index < -0.39 is 0 Å². The van der Waals surface area contributed by atoms with Crippen LogP contribution in [0.3, 0.4) is 0 Å². The molecule has 3 nitrogen and oxygen atoms in total. The lowest BCUT2D eigenvalue weighted by Gasteiger charge is -2.19. The van der Waals surface area contributed by atoms with Crippen molar-refractivity contribution in [2.24, 2.45) is 0 Å². The maximum Gasteiger partial charge on any atom is 0.261 e. The van der Waals surface area contributed by atoms with Crippen LogP contribution in [0.5, 0.6) is 5.75 Å². The third kappa shape index (κ3) is 2.53. The predicted molar refractivity (Wildman–Crippen MR) is 89.7 cm³/mol. The SMILES string of the molecule is COc1ccccc1C(=O)N(C)c1ccc2ccccc2c1. The van der Waals surface area contributed by atoms with Gasteiger partial charge in [-0.2, -0.15) is 0 Å². The summed E-state index contributed by atoms with van der Waals surface area (Å²) >= 11 is 0. The molecule has 0 aliphatic carbocycles. The number of benzene rings is 3. The average Bonchev–Trinajstić information content (AvgIpc) is 2.60. The third-order valence-corrected chi connectivity index (χ3v) is 3.76. The van der Waals surface area contributed by atoms with Gasteiger partial charge in [-0.25, -0.2) is 0 Å².